The molecular weight excluding hydrogens is 212 g/mol. The van der Waals surface area contributed by atoms with E-state index in [-0.39, 0.29) is 6.61 Å². The first-order valence-corrected chi connectivity index (χ1v) is 6.35. The van der Waals surface area contributed by atoms with Crippen molar-refractivity contribution in [3.05, 3.63) is 11.7 Å². The highest BCUT2D eigenvalue weighted by molar-refractivity contribution is 7.99. The van der Waals surface area contributed by atoms with Gasteiger partial charge in [0.05, 0.1) is 5.75 Å². The van der Waals surface area contributed by atoms with Crippen molar-refractivity contribution in [3.63, 3.8) is 0 Å². The fourth-order valence-electron chi connectivity index (χ4n) is 1.15. The lowest BCUT2D eigenvalue weighted by Gasteiger charge is -2.05. The van der Waals surface area contributed by atoms with E-state index in [1.807, 2.05) is 0 Å². The first kappa shape index (κ1) is 12.5. The highest BCUT2D eigenvalue weighted by atomic mass is 32.2. The number of aliphatic hydroxyl groups is 1. The van der Waals surface area contributed by atoms with Crippen LogP contribution in [-0.2, 0) is 12.2 Å². The van der Waals surface area contributed by atoms with Crippen molar-refractivity contribution in [1.29, 1.82) is 0 Å². The average Bonchev–Trinajstić information content (AvgIpc) is 2.64. The Kier molecular flexibility index (Phi) is 5.71. The van der Waals surface area contributed by atoms with E-state index in [0.29, 0.717) is 11.1 Å². The van der Waals surface area contributed by atoms with Crippen molar-refractivity contribution in [1.82, 2.24) is 10.1 Å². The molecule has 0 spiro atoms. The molecule has 0 amide bonds. The average molecular weight is 230 g/mol. The number of hydrogen-bond acceptors (Lipinski definition) is 5. The minimum Gasteiger partial charge on any atom is -0.396 e. The minimum absolute atomic E-state index is 0.235. The first-order valence-electron chi connectivity index (χ1n) is 5.30. The molecule has 1 atom stereocenters. The number of aryl methyl sites for hydroxylation is 1. The van der Waals surface area contributed by atoms with Gasteiger partial charge in [0.2, 0.25) is 5.89 Å². The van der Waals surface area contributed by atoms with E-state index in [1.54, 1.807) is 11.8 Å². The molecule has 1 heterocycles. The Labute approximate surface area is 94.5 Å². The molecule has 0 aliphatic heterocycles. The van der Waals surface area contributed by atoms with Gasteiger partial charge in [-0.05, 0) is 12.8 Å². The van der Waals surface area contributed by atoms with Crippen LogP contribution in [0.25, 0.3) is 0 Å². The third kappa shape index (κ3) is 4.66. The molecule has 1 N–H and O–H groups in total. The molecule has 0 fully saturated rings. The van der Waals surface area contributed by atoms with Gasteiger partial charge in [-0.1, -0.05) is 19.0 Å². The lowest BCUT2D eigenvalue weighted by molar-refractivity contribution is 0.289. The maximum Gasteiger partial charge on any atom is 0.236 e. The molecule has 1 unspecified atom stereocenters. The zero-order valence-corrected chi connectivity index (χ0v) is 10.1. The SMILES string of the molecule is CCCc1noc(CSC(C)CCO)n1. The molecule has 0 aliphatic carbocycles. The van der Waals surface area contributed by atoms with Gasteiger partial charge in [0.25, 0.3) is 0 Å². The van der Waals surface area contributed by atoms with E-state index in [9.17, 15) is 0 Å². The Balaban J connectivity index is 2.30. The molecule has 15 heavy (non-hydrogen) atoms. The van der Waals surface area contributed by atoms with E-state index in [0.717, 1.165) is 30.8 Å². The largest absolute Gasteiger partial charge is 0.396 e. The van der Waals surface area contributed by atoms with Gasteiger partial charge < -0.3 is 9.63 Å². The molecule has 86 valence electrons. The van der Waals surface area contributed by atoms with E-state index in [4.69, 9.17) is 9.63 Å². The summed E-state index contributed by atoms with van der Waals surface area (Å²) in [5, 5.41) is 13.1. The quantitative estimate of drug-likeness (QED) is 0.776. The van der Waals surface area contributed by atoms with Crippen LogP contribution in [0.2, 0.25) is 0 Å². The van der Waals surface area contributed by atoms with Crippen LogP contribution in [0.1, 0.15) is 38.4 Å². The summed E-state index contributed by atoms with van der Waals surface area (Å²) >= 11 is 1.73. The van der Waals surface area contributed by atoms with Gasteiger partial charge >= 0.3 is 0 Å². The zero-order chi connectivity index (χ0) is 11.1. The van der Waals surface area contributed by atoms with Crippen molar-refractivity contribution in [2.24, 2.45) is 0 Å². The number of hydrogen-bond donors (Lipinski definition) is 1. The second-order valence-corrected chi connectivity index (χ2v) is 4.91. The summed E-state index contributed by atoms with van der Waals surface area (Å²) < 4.78 is 5.10. The summed E-state index contributed by atoms with van der Waals surface area (Å²) in [6, 6.07) is 0. The molecule has 1 aromatic heterocycles. The van der Waals surface area contributed by atoms with Crippen LogP contribution in [0.3, 0.4) is 0 Å². The summed E-state index contributed by atoms with van der Waals surface area (Å²) in [6.07, 6.45) is 2.72. The van der Waals surface area contributed by atoms with Gasteiger partial charge in [-0.3, -0.25) is 0 Å². The highest BCUT2D eigenvalue weighted by Crippen LogP contribution is 2.18. The van der Waals surface area contributed by atoms with E-state index in [1.165, 1.54) is 0 Å². The Morgan fingerprint density at radius 3 is 3.00 bits per heavy atom. The Bertz CT molecular complexity index is 278. The number of thioether (sulfide) groups is 1. The smallest absolute Gasteiger partial charge is 0.236 e. The van der Waals surface area contributed by atoms with Gasteiger partial charge in [0, 0.05) is 18.3 Å². The molecule has 4 nitrogen and oxygen atoms in total. The lowest BCUT2D eigenvalue weighted by atomic mass is 10.3. The fraction of sp³-hybridized carbons (Fsp3) is 0.800. The number of rotatable bonds is 7. The minimum atomic E-state index is 0.235. The number of nitrogens with zero attached hydrogens (tertiary/aromatic N) is 2. The van der Waals surface area contributed by atoms with Gasteiger partial charge in [-0.2, -0.15) is 4.98 Å². The van der Waals surface area contributed by atoms with Gasteiger partial charge in [-0.25, -0.2) is 0 Å². The molecule has 0 bridgehead atoms. The third-order valence-electron chi connectivity index (χ3n) is 2.01. The van der Waals surface area contributed by atoms with Crippen LogP contribution in [-0.4, -0.2) is 27.1 Å². The van der Waals surface area contributed by atoms with Crippen LogP contribution < -0.4 is 0 Å². The van der Waals surface area contributed by atoms with Crippen LogP contribution >= 0.6 is 11.8 Å². The van der Waals surface area contributed by atoms with Crippen LogP contribution in [0.4, 0.5) is 0 Å². The summed E-state index contributed by atoms with van der Waals surface area (Å²) in [4.78, 5) is 4.27. The van der Waals surface area contributed by atoms with Crippen LogP contribution in [0.15, 0.2) is 4.52 Å². The molecule has 0 radical (unpaired) electrons. The van der Waals surface area contributed by atoms with E-state index >= 15 is 0 Å². The van der Waals surface area contributed by atoms with Crippen molar-refractivity contribution in [2.75, 3.05) is 6.61 Å². The van der Waals surface area contributed by atoms with Crippen molar-refractivity contribution in [3.8, 4) is 0 Å². The first-order chi connectivity index (χ1) is 7.26. The van der Waals surface area contributed by atoms with E-state index < -0.39 is 0 Å². The predicted molar refractivity (Wildman–Crippen MR) is 60.8 cm³/mol. The fourth-order valence-corrected chi connectivity index (χ4v) is 1.97. The second kappa shape index (κ2) is 6.85. The Morgan fingerprint density at radius 1 is 1.53 bits per heavy atom. The zero-order valence-electron chi connectivity index (χ0n) is 9.27. The van der Waals surface area contributed by atoms with Crippen molar-refractivity contribution < 1.29 is 9.63 Å². The van der Waals surface area contributed by atoms with Crippen molar-refractivity contribution >= 4 is 11.8 Å². The predicted octanol–water partition coefficient (Wildman–Crippen LogP) is 2.03. The monoisotopic (exact) mass is 230 g/mol. The Hall–Kier alpha value is -0.550. The van der Waals surface area contributed by atoms with Gasteiger partial charge in [0.1, 0.15) is 0 Å². The van der Waals surface area contributed by atoms with Crippen molar-refractivity contribution in [2.45, 2.75) is 44.1 Å². The van der Waals surface area contributed by atoms with Crippen LogP contribution in [0.5, 0.6) is 0 Å². The Morgan fingerprint density at radius 2 is 2.33 bits per heavy atom. The number of aromatic nitrogens is 2. The normalized spacial score (nSPS) is 13.0. The topological polar surface area (TPSA) is 59.2 Å². The maximum absolute atomic E-state index is 8.74. The van der Waals surface area contributed by atoms with Gasteiger partial charge in [0.15, 0.2) is 5.82 Å². The van der Waals surface area contributed by atoms with Gasteiger partial charge in [-0.15, -0.1) is 11.8 Å². The summed E-state index contributed by atoms with van der Waals surface area (Å²) in [6.45, 7) is 4.41. The molecule has 1 rings (SSSR count). The summed E-state index contributed by atoms with van der Waals surface area (Å²) in [7, 11) is 0. The third-order valence-corrected chi connectivity index (χ3v) is 3.23. The van der Waals surface area contributed by atoms with Crippen LogP contribution in [0, 0.1) is 0 Å². The highest BCUT2D eigenvalue weighted by Gasteiger charge is 2.08. The molecular formula is C10H18N2O2S. The summed E-state index contributed by atoms with van der Waals surface area (Å²) in [5.74, 6) is 2.22. The molecule has 1 aromatic rings. The van der Waals surface area contributed by atoms with E-state index in [2.05, 4.69) is 24.0 Å². The number of aliphatic hydroxyl groups excluding tert-OH is 1. The lowest BCUT2D eigenvalue weighted by Crippen LogP contribution is -2.00. The summed E-state index contributed by atoms with van der Waals surface area (Å²) in [5.41, 5.74) is 0. The standard InChI is InChI=1S/C10H18N2O2S/c1-3-4-9-11-10(14-12-9)7-15-8(2)5-6-13/h8,13H,3-7H2,1-2H3. The molecule has 0 aromatic carbocycles. The molecule has 0 saturated heterocycles. The maximum atomic E-state index is 8.74. The molecule has 0 aliphatic rings. The molecule has 0 saturated carbocycles. The second-order valence-electron chi connectivity index (χ2n) is 3.49. The molecule has 5 heteroatoms.